The minimum Gasteiger partial charge on any atom is -0.344 e. The average Bonchev–Trinajstić information content (AvgIpc) is 2.49. The van der Waals surface area contributed by atoms with Crippen molar-refractivity contribution >= 4 is 17.7 Å². The van der Waals surface area contributed by atoms with Crippen LogP contribution in [0.4, 0.5) is 0 Å². The molecule has 1 amide bonds. The van der Waals surface area contributed by atoms with Crippen LogP contribution in [0.15, 0.2) is 0 Å². The molecule has 4 heteroatoms. The van der Waals surface area contributed by atoms with Crippen molar-refractivity contribution in [3.05, 3.63) is 0 Å². The molecule has 82 valence electrons. The van der Waals surface area contributed by atoms with Crippen molar-refractivity contribution in [1.82, 2.24) is 10.2 Å². The van der Waals surface area contributed by atoms with Gasteiger partial charge < -0.3 is 10.2 Å². The number of hydrogen-bond donors (Lipinski definition) is 1. The van der Waals surface area contributed by atoms with Gasteiger partial charge in [-0.2, -0.15) is 11.8 Å². The standard InChI is InChI=1S/C10H20N2OS/c1-12-7-5-9(10(12)13)11-6-3-4-8-14-2/h9,11H,3-8H2,1-2H3. The summed E-state index contributed by atoms with van der Waals surface area (Å²) >= 11 is 1.88. The van der Waals surface area contributed by atoms with Gasteiger partial charge in [0.2, 0.25) is 5.91 Å². The molecule has 1 heterocycles. The molecule has 1 rings (SSSR count). The molecule has 1 saturated heterocycles. The first-order valence-electron chi connectivity index (χ1n) is 5.23. The van der Waals surface area contributed by atoms with Crippen molar-refractivity contribution in [3.63, 3.8) is 0 Å². The van der Waals surface area contributed by atoms with E-state index in [1.165, 1.54) is 18.6 Å². The predicted molar refractivity (Wildman–Crippen MR) is 61.7 cm³/mol. The van der Waals surface area contributed by atoms with Gasteiger partial charge >= 0.3 is 0 Å². The second-order valence-corrected chi connectivity index (χ2v) is 4.74. The lowest BCUT2D eigenvalue weighted by molar-refractivity contribution is -0.128. The summed E-state index contributed by atoms with van der Waals surface area (Å²) in [6, 6.07) is 0.0919. The molecule has 3 nitrogen and oxygen atoms in total. The van der Waals surface area contributed by atoms with Crippen LogP contribution in [0, 0.1) is 0 Å². The van der Waals surface area contributed by atoms with E-state index in [2.05, 4.69) is 11.6 Å². The zero-order valence-corrected chi connectivity index (χ0v) is 9.90. The molecule has 0 radical (unpaired) electrons. The van der Waals surface area contributed by atoms with Gasteiger partial charge in [0.05, 0.1) is 6.04 Å². The Morgan fingerprint density at radius 2 is 2.36 bits per heavy atom. The summed E-state index contributed by atoms with van der Waals surface area (Å²) in [4.78, 5) is 13.3. The van der Waals surface area contributed by atoms with Crippen LogP contribution in [-0.4, -0.2) is 49.0 Å². The third kappa shape index (κ3) is 3.50. The molecule has 1 fully saturated rings. The molecular weight excluding hydrogens is 196 g/mol. The van der Waals surface area contributed by atoms with Gasteiger partial charge in [0.15, 0.2) is 0 Å². The maximum Gasteiger partial charge on any atom is 0.239 e. The Morgan fingerprint density at radius 1 is 1.57 bits per heavy atom. The van der Waals surface area contributed by atoms with E-state index in [1.807, 2.05) is 18.8 Å². The Labute approximate surface area is 90.6 Å². The van der Waals surface area contributed by atoms with Crippen LogP contribution in [0.3, 0.4) is 0 Å². The Morgan fingerprint density at radius 3 is 2.93 bits per heavy atom. The topological polar surface area (TPSA) is 32.3 Å². The molecule has 0 aliphatic carbocycles. The summed E-state index contributed by atoms with van der Waals surface area (Å²) in [6.07, 6.45) is 5.51. The zero-order chi connectivity index (χ0) is 10.4. The number of carbonyl (C=O) groups excluding carboxylic acids is 1. The molecular formula is C10H20N2OS. The molecule has 0 aromatic heterocycles. The zero-order valence-electron chi connectivity index (χ0n) is 9.08. The van der Waals surface area contributed by atoms with E-state index in [0.29, 0.717) is 0 Å². The van der Waals surface area contributed by atoms with Crippen molar-refractivity contribution < 1.29 is 4.79 Å². The molecule has 0 aromatic rings. The van der Waals surface area contributed by atoms with Crippen LogP contribution < -0.4 is 5.32 Å². The number of nitrogens with one attached hydrogen (secondary N) is 1. The van der Waals surface area contributed by atoms with Crippen LogP contribution in [-0.2, 0) is 4.79 Å². The maximum absolute atomic E-state index is 11.5. The minimum atomic E-state index is 0.0919. The highest BCUT2D eigenvalue weighted by atomic mass is 32.2. The predicted octanol–water partition coefficient (Wildman–Crippen LogP) is 0.950. The van der Waals surface area contributed by atoms with Crippen molar-refractivity contribution in [2.24, 2.45) is 0 Å². The third-order valence-electron chi connectivity index (χ3n) is 2.59. The monoisotopic (exact) mass is 216 g/mol. The second kappa shape index (κ2) is 6.30. The summed E-state index contributed by atoms with van der Waals surface area (Å²) in [6.45, 7) is 1.88. The van der Waals surface area contributed by atoms with Crippen molar-refractivity contribution in [3.8, 4) is 0 Å². The summed E-state index contributed by atoms with van der Waals surface area (Å²) in [5.41, 5.74) is 0. The van der Waals surface area contributed by atoms with Gasteiger partial charge in [0, 0.05) is 13.6 Å². The van der Waals surface area contributed by atoms with Crippen LogP contribution in [0.5, 0.6) is 0 Å². The molecule has 1 aliphatic heterocycles. The van der Waals surface area contributed by atoms with Gasteiger partial charge in [-0.3, -0.25) is 4.79 Å². The van der Waals surface area contributed by atoms with E-state index in [1.54, 1.807) is 4.90 Å². The molecule has 1 atom stereocenters. The number of thioether (sulfide) groups is 1. The molecule has 1 aliphatic rings. The van der Waals surface area contributed by atoms with E-state index in [9.17, 15) is 4.79 Å². The Kier molecular flexibility index (Phi) is 5.33. The van der Waals surface area contributed by atoms with E-state index < -0.39 is 0 Å². The first-order chi connectivity index (χ1) is 6.75. The number of unbranched alkanes of at least 4 members (excludes halogenated alkanes) is 1. The van der Waals surface area contributed by atoms with Gasteiger partial charge in [-0.15, -0.1) is 0 Å². The number of likely N-dealkylation sites (N-methyl/N-ethyl adjacent to an activating group) is 1. The summed E-state index contributed by atoms with van der Waals surface area (Å²) in [5.74, 6) is 1.48. The Balaban J connectivity index is 2.04. The highest BCUT2D eigenvalue weighted by Crippen LogP contribution is 2.08. The highest BCUT2D eigenvalue weighted by Gasteiger charge is 2.27. The molecule has 14 heavy (non-hydrogen) atoms. The van der Waals surface area contributed by atoms with E-state index in [4.69, 9.17) is 0 Å². The lowest BCUT2D eigenvalue weighted by Crippen LogP contribution is -2.37. The van der Waals surface area contributed by atoms with Crippen LogP contribution in [0.2, 0.25) is 0 Å². The normalized spacial score (nSPS) is 22.0. The van der Waals surface area contributed by atoms with Gasteiger partial charge in [-0.05, 0) is 37.8 Å². The average molecular weight is 216 g/mol. The molecule has 1 N–H and O–H groups in total. The quantitative estimate of drug-likeness (QED) is 0.671. The summed E-state index contributed by atoms with van der Waals surface area (Å²) in [7, 11) is 1.87. The van der Waals surface area contributed by atoms with Crippen molar-refractivity contribution in [1.29, 1.82) is 0 Å². The van der Waals surface area contributed by atoms with Crippen molar-refractivity contribution in [2.45, 2.75) is 25.3 Å². The Bertz CT molecular complexity index is 187. The molecule has 1 unspecified atom stereocenters. The molecule has 0 bridgehead atoms. The molecule has 0 spiro atoms. The molecule has 0 aromatic carbocycles. The van der Waals surface area contributed by atoms with Gasteiger partial charge in [0.1, 0.15) is 0 Å². The van der Waals surface area contributed by atoms with Crippen LogP contribution in [0.1, 0.15) is 19.3 Å². The second-order valence-electron chi connectivity index (χ2n) is 3.76. The number of nitrogens with zero attached hydrogens (tertiary/aromatic N) is 1. The van der Waals surface area contributed by atoms with E-state index in [-0.39, 0.29) is 11.9 Å². The number of carbonyl (C=O) groups is 1. The van der Waals surface area contributed by atoms with E-state index >= 15 is 0 Å². The SMILES string of the molecule is CSCCCCNC1CCN(C)C1=O. The third-order valence-corrected chi connectivity index (χ3v) is 3.29. The number of hydrogen-bond acceptors (Lipinski definition) is 3. The Hall–Kier alpha value is -0.220. The van der Waals surface area contributed by atoms with Crippen LogP contribution >= 0.6 is 11.8 Å². The summed E-state index contributed by atoms with van der Waals surface area (Å²) < 4.78 is 0. The molecule has 0 saturated carbocycles. The lowest BCUT2D eigenvalue weighted by Gasteiger charge is -2.11. The maximum atomic E-state index is 11.5. The van der Waals surface area contributed by atoms with Gasteiger partial charge in [0.25, 0.3) is 0 Å². The first kappa shape index (κ1) is 11.9. The summed E-state index contributed by atoms with van der Waals surface area (Å²) in [5, 5.41) is 3.32. The fourth-order valence-electron chi connectivity index (χ4n) is 1.66. The number of amides is 1. The van der Waals surface area contributed by atoms with Crippen LogP contribution in [0.25, 0.3) is 0 Å². The van der Waals surface area contributed by atoms with Crippen molar-refractivity contribution in [2.75, 3.05) is 32.1 Å². The smallest absolute Gasteiger partial charge is 0.239 e. The largest absolute Gasteiger partial charge is 0.344 e. The van der Waals surface area contributed by atoms with Gasteiger partial charge in [-0.1, -0.05) is 0 Å². The fraction of sp³-hybridized carbons (Fsp3) is 0.900. The highest BCUT2D eigenvalue weighted by molar-refractivity contribution is 7.98. The van der Waals surface area contributed by atoms with Gasteiger partial charge in [-0.25, -0.2) is 0 Å². The number of likely N-dealkylation sites (tertiary alicyclic amines) is 1. The number of rotatable bonds is 6. The first-order valence-corrected chi connectivity index (χ1v) is 6.62. The van der Waals surface area contributed by atoms with E-state index in [0.717, 1.165) is 19.5 Å². The lowest BCUT2D eigenvalue weighted by atomic mass is 10.2. The minimum absolute atomic E-state index is 0.0919. The fourth-order valence-corrected chi connectivity index (χ4v) is 2.15.